The third kappa shape index (κ3) is 4.43. The molecule has 4 heteroatoms. The first-order chi connectivity index (χ1) is 6.16. The number of methoxy groups -OCH3 is 1. The maximum absolute atomic E-state index is 5.09. The predicted octanol–water partition coefficient (Wildman–Crippen LogP) is 0.897. The van der Waals surface area contributed by atoms with Gasteiger partial charge in [0.2, 0.25) is 0 Å². The Morgan fingerprint density at radius 2 is 2.15 bits per heavy atom. The minimum Gasteiger partial charge on any atom is -0.383 e. The predicted molar refractivity (Wildman–Crippen MR) is 57.8 cm³/mol. The van der Waals surface area contributed by atoms with Gasteiger partial charge in [0.25, 0.3) is 0 Å². The van der Waals surface area contributed by atoms with Crippen molar-refractivity contribution in [2.45, 2.75) is 19.8 Å². The topological polar surface area (TPSA) is 33.3 Å². The van der Waals surface area contributed by atoms with E-state index in [1.54, 1.807) is 7.11 Å². The quantitative estimate of drug-likeness (QED) is 0.512. The molecule has 0 amide bonds. The van der Waals surface area contributed by atoms with Crippen LogP contribution in [0, 0.1) is 5.41 Å². The van der Waals surface area contributed by atoms with E-state index in [1.807, 2.05) is 0 Å². The zero-order chi connectivity index (χ0) is 9.73. The van der Waals surface area contributed by atoms with Crippen LogP contribution in [-0.4, -0.2) is 31.9 Å². The molecule has 3 nitrogen and oxygen atoms in total. The van der Waals surface area contributed by atoms with E-state index in [9.17, 15) is 0 Å². The van der Waals surface area contributed by atoms with E-state index in [2.05, 4.69) is 17.6 Å². The van der Waals surface area contributed by atoms with E-state index in [0.29, 0.717) is 12.0 Å². The van der Waals surface area contributed by atoms with Crippen LogP contribution >= 0.6 is 12.2 Å². The van der Waals surface area contributed by atoms with E-state index in [1.165, 1.54) is 12.8 Å². The molecule has 0 spiro atoms. The van der Waals surface area contributed by atoms with E-state index in [4.69, 9.17) is 17.0 Å². The summed E-state index contributed by atoms with van der Waals surface area (Å²) < 4.78 is 4.90. The molecule has 13 heavy (non-hydrogen) atoms. The molecule has 1 aliphatic rings. The highest BCUT2D eigenvalue weighted by molar-refractivity contribution is 7.80. The van der Waals surface area contributed by atoms with Gasteiger partial charge in [-0.3, -0.25) is 0 Å². The summed E-state index contributed by atoms with van der Waals surface area (Å²) in [7, 11) is 1.68. The molecule has 0 heterocycles. The molecule has 76 valence electrons. The monoisotopic (exact) mass is 202 g/mol. The van der Waals surface area contributed by atoms with E-state index in [0.717, 1.165) is 18.2 Å². The van der Waals surface area contributed by atoms with Gasteiger partial charge in [0, 0.05) is 20.2 Å². The second kappa shape index (κ2) is 4.77. The summed E-state index contributed by atoms with van der Waals surface area (Å²) in [5, 5.41) is 7.03. The first-order valence-corrected chi connectivity index (χ1v) is 5.08. The lowest BCUT2D eigenvalue weighted by Crippen LogP contribution is -2.39. The Hall–Kier alpha value is -0.350. The number of hydrogen-bond acceptors (Lipinski definition) is 2. The zero-order valence-corrected chi connectivity index (χ0v) is 9.17. The van der Waals surface area contributed by atoms with Crippen LogP contribution in [-0.2, 0) is 4.74 Å². The maximum Gasteiger partial charge on any atom is 0.166 e. The third-order valence-electron chi connectivity index (χ3n) is 2.37. The van der Waals surface area contributed by atoms with Gasteiger partial charge >= 0.3 is 0 Å². The van der Waals surface area contributed by atoms with Crippen molar-refractivity contribution in [3.05, 3.63) is 0 Å². The maximum atomic E-state index is 5.09. The normalized spacial score (nSPS) is 18.0. The number of ether oxygens (including phenoxy) is 1. The summed E-state index contributed by atoms with van der Waals surface area (Å²) in [5.41, 5.74) is 0.507. The van der Waals surface area contributed by atoms with Gasteiger partial charge in [-0.2, -0.15) is 0 Å². The van der Waals surface area contributed by atoms with Crippen LogP contribution in [0.25, 0.3) is 0 Å². The Labute approximate surface area is 85.2 Å². The number of rotatable bonds is 5. The summed E-state index contributed by atoms with van der Waals surface area (Å²) in [6.07, 6.45) is 2.64. The molecule has 0 unspecified atom stereocenters. The molecule has 0 aromatic rings. The molecule has 0 radical (unpaired) electrons. The molecule has 0 atom stereocenters. The molecule has 1 saturated carbocycles. The summed E-state index contributed by atoms with van der Waals surface area (Å²) in [6, 6.07) is 0. The number of thiocarbonyl (C=S) groups is 1. The van der Waals surface area contributed by atoms with Crippen molar-refractivity contribution in [1.82, 2.24) is 10.6 Å². The van der Waals surface area contributed by atoms with E-state index >= 15 is 0 Å². The fourth-order valence-electron chi connectivity index (χ4n) is 1.01. The third-order valence-corrected chi connectivity index (χ3v) is 2.66. The second-order valence-electron chi connectivity index (χ2n) is 3.91. The average Bonchev–Trinajstić information content (AvgIpc) is 2.82. The SMILES string of the molecule is COCCNC(=S)NCC1(C)CC1. The van der Waals surface area contributed by atoms with Crippen LogP contribution in [0.3, 0.4) is 0 Å². The molecule has 1 rings (SSSR count). The van der Waals surface area contributed by atoms with Crippen LogP contribution in [0.1, 0.15) is 19.8 Å². The van der Waals surface area contributed by atoms with E-state index in [-0.39, 0.29) is 0 Å². The largest absolute Gasteiger partial charge is 0.383 e. The molecule has 2 N–H and O–H groups in total. The summed E-state index contributed by atoms with van der Waals surface area (Å²) in [4.78, 5) is 0. The van der Waals surface area contributed by atoms with Crippen molar-refractivity contribution in [3.63, 3.8) is 0 Å². The number of nitrogens with one attached hydrogen (secondary N) is 2. The van der Waals surface area contributed by atoms with E-state index < -0.39 is 0 Å². The highest BCUT2D eigenvalue weighted by Gasteiger charge is 2.36. The Morgan fingerprint density at radius 3 is 2.69 bits per heavy atom. The molecule has 1 fully saturated rings. The molecule has 0 bridgehead atoms. The lowest BCUT2D eigenvalue weighted by Gasteiger charge is -2.13. The molecular weight excluding hydrogens is 184 g/mol. The lowest BCUT2D eigenvalue weighted by molar-refractivity contribution is 0.204. The van der Waals surface area contributed by atoms with Gasteiger partial charge < -0.3 is 15.4 Å². The van der Waals surface area contributed by atoms with Gasteiger partial charge in [-0.25, -0.2) is 0 Å². The summed E-state index contributed by atoms with van der Waals surface area (Å²) in [6.45, 7) is 4.74. The molecule has 0 aromatic heterocycles. The molecule has 0 aliphatic heterocycles. The minimum absolute atomic E-state index is 0.507. The Bertz CT molecular complexity index is 180. The van der Waals surface area contributed by atoms with Gasteiger partial charge in [-0.15, -0.1) is 0 Å². The zero-order valence-electron chi connectivity index (χ0n) is 8.35. The highest BCUT2D eigenvalue weighted by atomic mass is 32.1. The van der Waals surface area contributed by atoms with Crippen molar-refractivity contribution in [2.75, 3.05) is 26.8 Å². The average molecular weight is 202 g/mol. The fourth-order valence-corrected chi connectivity index (χ4v) is 1.19. The first kappa shape index (κ1) is 10.7. The standard InChI is InChI=1S/C9H18N2OS/c1-9(3-4-9)7-11-8(13)10-5-6-12-2/h3-7H2,1-2H3,(H2,10,11,13). The van der Waals surface area contributed by atoms with Crippen molar-refractivity contribution < 1.29 is 4.74 Å². The smallest absolute Gasteiger partial charge is 0.166 e. The Morgan fingerprint density at radius 1 is 1.46 bits per heavy atom. The Balaban J connectivity index is 1.97. The molecule has 1 aliphatic carbocycles. The first-order valence-electron chi connectivity index (χ1n) is 4.67. The summed E-state index contributed by atoms with van der Waals surface area (Å²) in [5.74, 6) is 0. The van der Waals surface area contributed by atoms with Crippen LogP contribution in [0.15, 0.2) is 0 Å². The van der Waals surface area contributed by atoms with Crippen LogP contribution < -0.4 is 10.6 Å². The van der Waals surface area contributed by atoms with Crippen LogP contribution in [0.5, 0.6) is 0 Å². The van der Waals surface area contributed by atoms with Crippen molar-refractivity contribution in [3.8, 4) is 0 Å². The Kier molecular flexibility index (Phi) is 3.93. The van der Waals surface area contributed by atoms with Crippen molar-refractivity contribution in [1.29, 1.82) is 0 Å². The van der Waals surface area contributed by atoms with Crippen LogP contribution in [0.2, 0.25) is 0 Å². The van der Waals surface area contributed by atoms with Gasteiger partial charge in [0.1, 0.15) is 0 Å². The van der Waals surface area contributed by atoms with Gasteiger partial charge in [-0.1, -0.05) is 6.92 Å². The van der Waals surface area contributed by atoms with Gasteiger partial charge in [-0.05, 0) is 30.5 Å². The van der Waals surface area contributed by atoms with Crippen LogP contribution in [0.4, 0.5) is 0 Å². The lowest BCUT2D eigenvalue weighted by atomic mass is 10.1. The fraction of sp³-hybridized carbons (Fsp3) is 0.889. The van der Waals surface area contributed by atoms with Gasteiger partial charge in [0.05, 0.1) is 6.61 Å². The highest BCUT2D eigenvalue weighted by Crippen LogP contribution is 2.43. The molecule has 0 saturated heterocycles. The van der Waals surface area contributed by atoms with Crippen molar-refractivity contribution >= 4 is 17.3 Å². The summed E-state index contributed by atoms with van der Waals surface area (Å²) >= 11 is 5.09. The number of hydrogen-bond donors (Lipinski definition) is 2. The molecule has 0 aromatic carbocycles. The molecular formula is C9H18N2OS. The van der Waals surface area contributed by atoms with Gasteiger partial charge in [0.15, 0.2) is 5.11 Å². The second-order valence-corrected chi connectivity index (χ2v) is 4.32. The minimum atomic E-state index is 0.507. The van der Waals surface area contributed by atoms with Crippen molar-refractivity contribution in [2.24, 2.45) is 5.41 Å².